The number of fused-ring (bicyclic) bond motifs is 1. The summed E-state index contributed by atoms with van der Waals surface area (Å²) < 4.78 is 1.03. The molecule has 1 heterocycles. The molecule has 1 unspecified atom stereocenters. The maximum absolute atomic E-state index is 12.5. The Morgan fingerprint density at radius 2 is 2.10 bits per heavy atom. The van der Waals surface area contributed by atoms with Gasteiger partial charge in [-0.15, -0.1) is 0 Å². The molecule has 21 heavy (non-hydrogen) atoms. The number of halogens is 1. The van der Waals surface area contributed by atoms with Crippen LogP contribution in [0, 0.1) is 0 Å². The third-order valence-electron chi connectivity index (χ3n) is 3.76. The lowest BCUT2D eigenvalue weighted by Crippen LogP contribution is -2.32. The average Bonchev–Trinajstić information content (AvgIpc) is 2.52. The van der Waals surface area contributed by atoms with Gasteiger partial charge in [-0.25, -0.2) is 0 Å². The number of carbonyl (C=O) groups is 1. The Morgan fingerprint density at radius 3 is 2.95 bits per heavy atom. The van der Waals surface area contributed by atoms with Gasteiger partial charge in [-0.1, -0.05) is 46.3 Å². The second-order valence-corrected chi connectivity index (χ2v) is 6.12. The minimum atomic E-state index is -0.0606. The van der Waals surface area contributed by atoms with Crippen LogP contribution in [-0.2, 0) is 11.3 Å². The molecule has 2 aromatic carbocycles. The second kappa shape index (κ2) is 6.31. The number of hydrogen-bond acceptors (Lipinski definition) is 2. The van der Waals surface area contributed by atoms with Crippen LogP contribution in [0.15, 0.2) is 53.0 Å². The first-order valence-corrected chi connectivity index (χ1v) is 7.88. The summed E-state index contributed by atoms with van der Waals surface area (Å²) in [5.74, 6) is 0.0403. The molecule has 3 rings (SSSR count). The van der Waals surface area contributed by atoms with Crippen LogP contribution in [0.25, 0.3) is 0 Å². The normalized spacial score (nSPS) is 16.7. The Balaban J connectivity index is 1.69. The first-order chi connectivity index (χ1) is 10.2. The van der Waals surface area contributed by atoms with Gasteiger partial charge in [0.2, 0.25) is 5.91 Å². The van der Waals surface area contributed by atoms with Crippen LogP contribution in [-0.4, -0.2) is 12.5 Å². The zero-order valence-electron chi connectivity index (χ0n) is 11.6. The van der Waals surface area contributed by atoms with Gasteiger partial charge in [-0.3, -0.25) is 4.79 Å². The van der Waals surface area contributed by atoms with Crippen molar-refractivity contribution in [2.45, 2.75) is 18.9 Å². The standard InChI is InChI=1S/C17H17BrN2O/c18-13-5-3-4-12(10-13)11-20-17(21)15-8-9-19-16-7-2-1-6-14(15)16/h1-7,10,15,19H,8-9,11H2,(H,20,21). The van der Waals surface area contributed by atoms with Crippen molar-refractivity contribution in [1.29, 1.82) is 0 Å². The van der Waals surface area contributed by atoms with Crippen molar-refractivity contribution in [3.05, 3.63) is 64.1 Å². The Bertz CT molecular complexity index is 657. The van der Waals surface area contributed by atoms with E-state index in [-0.39, 0.29) is 11.8 Å². The molecule has 2 aromatic rings. The van der Waals surface area contributed by atoms with Crippen molar-refractivity contribution in [3.8, 4) is 0 Å². The van der Waals surface area contributed by atoms with Crippen molar-refractivity contribution < 1.29 is 4.79 Å². The fourth-order valence-electron chi connectivity index (χ4n) is 2.70. The summed E-state index contributed by atoms with van der Waals surface area (Å²) in [6.07, 6.45) is 0.835. The Labute approximate surface area is 132 Å². The van der Waals surface area contributed by atoms with Crippen LogP contribution >= 0.6 is 15.9 Å². The van der Waals surface area contributed by atoms with Gasteiger partial charge in [0.15, 0.2) is 0 Å². The molecule has 1 aliphatic heterocycles. The summed E-state index contributed by atoms with van der Waals surface area (Å²) in [4.78, 5) is 12.5. The molecule has 1 atom stereocenters. The molecule has 108 valence electrons. The summed E-state index contributed by atoms with van der Waals surface area (Å²) >= 11 is 3.45. The zero-order chi connectivity index (χ0) is 14.7. The van der Waals surface area contributed by atoms with Gasteiger partial charge in [0.1, 0.15) is 0 Å². The first kappa shape index (κ1) is 14.1. The van der Waals surface area contributed by atoms with Crippen molar-refractivity contribution in [1.82, 2.24) is 5.32 Å². The van der Waals surface area contributed by atoms with Gasteiger partial charge in [-0.05, 0) is 35.7 Å². The lowest BCUT2D eigenvalue weighted by Gasteiger charge is -2.25. The summed E-state index contributed by atoms with van der Waals surface area (Å²) in [5, 5.41) is 6.39. The molecule has 0 saturated heterocycles. The van der Waals surface area contributed by atoms with Crippen LogP contribution in [0.2, 0.25) is 0 Å². The van der Waals surface area contributed by atoms with E-state index in [1.807, 2.05) is 48.5 Å². The zero-order valence-corrected chi connectivity index (χ0v) is 13.2. The Hall–Kier alpha value is -1.81. The van der Waals surface area contributed by atoms with E-state index in [0.29, 0.717) is 6.54 Å². The minimum absolute atomic E-state index is 0.0606. The van der Waals surface area contributed by atoms with Crippen LogP contribution in [0.1, 0.15) is 23.5 Å². The smallest absolute Gasteiger partial charge is 0.227 e. The van der Waals surface area contributed by atoms with Crippen molar-refractivity contribution in [2.75, 3.05) is 11.9 Å². The van der Waals surface area contributed by atoms with Crippen LogP contribution < -0.4 is 10.6 Å². The maximum atomic E-state index is 12.5. The molecule has 0 saturated carbocycles. The third kappa shape index (κ3) is 3.27. The molecule has 1 amide bonds. The van der Waals surface area contributed by atoms with E-state index >= 15 is 0 Å². The van der Waals surface area contributed by atoms with Gasteiger partial charge < -0.3 is 10.6 Å². The topological polar surface area (TPSA) is 41.1 Å². The number of para-hydroxylation sites is 1. The summed E-state index contributed by atoms with van der Waals surface area (Å²) in [7, 11) is 0. The molecule has 4 heteroatoms. The molecular formula is C17H17BrN2O. The molecule has 0 aromatic heterocycles. The predicted octanol–water partition coefficient (Wildman–Crippen LogP) is 3.66. The number of benzene rings is 2. The second-order valence-electron chi connectivity index (χ2n) is 5.20. The van der Waals surface area contributed by atoms with E-state index in [0.717, 1.165) is 34.3 Å². The highest BCUT2D eigenvalue weighted by Crippen LogP contribution is 2.31. The molecule has 0 bridgehead atoms. The molecule has 0 aliphatic carbocycles. The van der Waals surface area contributed by atoms with E-state index in [2.05, 4.69) is 26.6 Å². The largest absolute Gasteiger partial charge is 0.385 e. The number of anilines is 1. The number of rotatable bonds is 3. The van der Waals surface area contributed by atoms with Gasteiger partial charge in [-0.2, -0.15) is 0 Å². The fourth-order valence-corrected chi connectivity index (χ4v) is 3.15. The summed E-state index contributed by atoms with van der Waals surface area (Å²) in [5.41, 5.74) is 3.27. The lowest BCUT2D eigenvalue weighted by atomic mass is 9.90. The van der Waals surface area contributed by atoms with Crippen molar-refractivity contribution in [2.24, 2.45) is 0 Å². The molecule has 2 N–H and O–H groups in total. The monoisotopic (exact) mass is 344 g/mol. The molecule has 0 radical (unpaired) electrons. The van der Waals surface area contributed by atoms with Crippen LogP contribution in [0.5, 0.6) is 0 Å². The third-order valence-corrected chi connectivity index (χ3v) is 4.25. The van der Waals surface area contributed by atoms with E-state index in [1.165, 1.54) is 0 Å². The highest BCUT2D eigenvalue weighted by molar-refractivity contribution is 9.10. The van der Waals surface area contributed by atoms with Crippen molar-refractivity contribution >= 4 is 27.5 Å². The van der Waals surface area contributed by atoms with E-state index in [4.69, 9.17) is 0 Å². The van der Waals surface area contributed by atoms with Gasteiger partial charge in [0, 0.05) is 23.2 Å². The quantitative estimate of drug-likeness (QED) is 0.891. The first-order valence-electron chi connectivity index (χ1n) is 7.09. The minimum Gasteiger partial charge on any atom is -0.385 e. The Morgan fingerprint density at radius 1 is 1.24 bits per heavy atom. The molecular weight excluding hydrogens is 328 g/mol. The van der Waals surface area contributed by atoms with Crippen molar-refractivity contribution in [3.63, 3.8) is 0 Å². The number of hydrogen-bond donors (Lipinski definition) is 2. The highest BCUT2D eigenvalue weighted by atomic mass is 79.9. The highest BCUT2D eigenvalue weighted by Gasteiger charge is 2.25. The van der Waals surface area contributed by atoms with Gasteiger partial charge >= 0.3 is 0 Å². The molecule has 1 aliphatic rings. The van der Waals surface area contributed by atoms with E-state index < -0.39 is 0 Å². The summed E-state index contributed by atoms with van der Waals surface area (Å²) in [6, 6.07) is 16.0. The molecule has 0 fully saturated rings. The Kier molecular flexibility index (Phi) is 4.25. The predicted molar refractivity (Wildman–Crippen MR) is 88.3 cm³/mol. The van der Waals surface area contributed by atoms with Gasteiger partial charge in [0.05, 0.1) is 5.92 Å². The number of nitrogens with one attached hydrogen (secondary N) is 2. The van der Waals surface area contributed by atoms with E-state index in [9.17, 15) is 4.79 Å². The van der Waals surface area contributed by atoms with Gasteiger partial charge in [0.25, 0.3) is 0 Å². The molecule has 0 spiro atoms. The van der Waals surface area contributed by atoms with E-state index in [1.54, 1.807) is 0 Å². The average molecular weight is 345 g/mol. The molecule has 3 nitrogen and oxygen atoms in total. The number of amides is 1. The van der Waals surface area contributed by atoms with Crippen LogP contribution in [0.4, 0.5) is 5.69 Å². The lowest BCUT2D eigenvalue weighted by molar-refractivity contribution is -0.122. The summed E-state index contributed by atoms with van der Waals surface area (Å²) in [6.45, 7) is 1.40. The SMILES string of the molecule is O=C(NCc1cccc(Br)c1)C1CCNc2ccccc21. The number of carbonyl (C=O) groups excluding carboxylic acids is 1. The van der Waals surface area contributed by atoms with Crippen LogP contribution in [0.3, 0.4) is 0 Å². The fraction of sp³-hybridized carbons (Fsp3) is 0.235. The maximum Gasteiger partial charge on any atom is 0.227 e.